The van der Waals surface area contributed by atoms with Crippen molar-refractivity contribution in [3.05, 3.63) is 24.3 Å². The van der Waals surface area contributed by atoms with Crippen molar-refractivity contribution in [1.29, 1.82) is 0 Å². The van der Waals surface area contributed by atoms with E-state index in [9.17, 15) is 0 Å². The molecule has 0 saturated heterocycles. The summed E-state index contributed by atoms with van der Waals surface area (Å²) in [5.74, 6) is 0.604. The van der Waals surface area contributed by atoms with Crippen LogP contribution in [0.3, 0.4) is 0 Å². The Kier molecular flexibility index (Phi) is 4.33. The molecule has 19 heavy (non-hydrogen) atoms. The molecule has 1 N–H and O–H groups in total. The van der Waals surface area contributed by atoms with Crippen molar-refractivity contribution in [2.45, 2.75) is 13.8 Å². The molecule has 1 aliphatic rings. The standard InChI is InChI=1S/C13H20N6/c1-4-19(5-2)12-8-6-11(7-9-12)15-17-13-16-14-10-18(13)3/h6-9,15H,4-5,10H2,1-3H3. The first-order valence-electron chi connectivity index (χ1n) is 6.52. The van der Waals surface area contributed by atoms with E-state index in [-0.39, 0.29) is 0 Å². The van der Waals surface area contributed by atoms with Gasteiger partial charge in [0.15, 0.2) is 0 Å². The molecule has 0 fully saturated rings. The summed E-state index contributed by atoms with van der Waals surface area (Å²) in [6, 6.07) is 8.22. The Morgan fingerprint density at radius 1 is 1.26 bits per heavy atom. The Balaban J connectivity index is 2.01. The maximum Gasteiger partial charge on any atom is 0.263 e. The lowest BCUT2D eigenvalue weighted by Crippen LogP contribution is -2.21. The first kappa shape index (κ1) is 13.3. The van der Waals surface area contributed by atoms with Gasteiger partial charge in [-0.15, -0.1) is 10.2 Å². The first-order chi connectivity index (χ1) is 9.24. The molecular formula is C13H20N6. The molecular weight excluding hydrogens is 240 g/mol. The molecule has 1 aromatic carbocycles. The molecule has 6 heteroatoms. The van der Waals surface area contributed by atoms with E-state index in [1.807, 2.05) is 24.1 Å². The number of hydrogen-bond donors (Lipinski definition) is 1. The van der Waals surface area contributed by atoms with Gasteiger partial charge in [0.1, 0.15) is 6.67 Å². The molecule has 1 aromatic rings. The molecule has 2 rings (SSSR count). The van der Waals surface area contributed by atoms with Gasteiger partial charge in [-0.3, -0.25) is 5.43 Å². The quantitative estimate of drug-likeness (QED) is 0.828. The summed E-state index contributed by atoms with van der Waals surface area (Å²) in [7, 11) is 1.91. The second kappa shape index (κ2) is 6.17. The van der Waals surface area contributed by atoms with Crippen LogP contribution >= 0.6 is 0 Å². The first-order valence-corrected chi connectivity index (χ1v) is 6.52. The van der Waals surface area contributed by atoms with Gasteiger partial charge in [-0.05, 0) is 38.1 Å². The topological polar surface area (TPSA) is 55.6 Å². The van der Waals surface area contributed by atoms with Gasteiger partial charge in [0, 0.05) is 25.8 Å². The number of azo groups is 1. The molecule has 0 atom stereocenters. The molecule has 0 aromatic heterocycles. The number of guanidine groups is 1. The van der Waals surface area contributed by atoms with E-state index in [2.05, 4.69) is 51.6 Å². The van der Waals surface area contributed by atoms with E-state index in [1.165, 1.54) is 5.69 Å². The number of benzene rings is 1. The van der Waals surface area contributed by atoms with Gasteiger partial charge in [-0.1, -0.05) is 0 Å². The van der Waals surface area contributed by atoms with E-state index < -0.39 is 0 Å². The summed E-state index contributed by atoms with van der Waals surface area (Å²) >= 11 is 0. The molecule has 0 amide bonds. The highest BCUT2D eigenvalue weighted by atomic mass is 15.5. The number of hydrazone groups is 1. The number of rotatable bonds is 5. The van der Waals surface area contributed by atoms with Crippen LogP contribution in [0.15, 0.2) is 39.6 Å². The van der Waals surface area contributed by atoms with E-state index >= 15 is 0 Å². The summed E-state index contributed by atoms with van der Waals surface area (Å²) in [4.78, 5) is 4.17. The van der Waals surface area contributed by atoms with Crippen LogP contribution in [-0.4, -0.2) is 37.7 Å². The number of nitrogens with zero attached hydrogens (tertiary/aromatic N) is 5. The van der Waals surface area contributed by atoms with E-state index in [1.54, 1.807) is 0 Å². The van der Waals surface area contributed by atoms with Crippen LogP contribution in [-0.2, 0) is 0 Å². The van der Waals surface area contributed by atoms with Crippen LogP contribution < -0.4 is 10.3 Å². The van der Waals surface area contributed by atoms with Crippen LogP contribution in [0.1, 0.15) is 13.8 Å². The molecule has 0 bridgehead atoms. The van der Waals surface area contributed by atoms with Crippen molar-refractivity contribution in [2.75, 3.05) is 37.1 Å². The summed E-state index contributed by atoms with van der Waals surface area (Å²) in [5, 5.41) is 12.0. The highest BCUT2D eigenvalue weighted by Crippen LogP contribution is 2.17. The highest BCUT2D eigenvalue weighted by Gasteiger charge is 2.10. The molecule has 0 aliphatic carbocycles. The Morgan fingerprint density at radius 2 is 1.95 bits per heavy atom. The minimum Gasteiger partial charge on any atom is -0.372 e. The zero-order chi connectivity index (χ0) is 13.7. The smallest absolute Gasteiger partial charge is 0.263 e. The highest BCUT2D eigenvalue weighted by molar-refractivity contribution is 5.81. The van der Waals surface area contributed by atoms with Crippen molar-refractivity contribution in [2.24, 2.45) is 15.3 Å². The Hall–Kier alpha value is -2.11. The Labute approximate surface area is 113 Å². The lowest BCUT2D eigenvalue weighted by Gasteiger charge is -2.21. The SMILES string of the molecule is CCN(CC)c1ccc(NN=C2N=NCN2C)cc1. The van der Waals surface area contributed by atoms with Gasteiger partial charge in [0.25, 0.3) is 5.96 Å². The maximum atomic E-state index is 4.21. The van der Waals surface area contributed by atoms with E-state index in [0.29, 0.717) is 12.6 Å². The Morgan fingerprint density at radius 3 is 2.47 bits per heavy atom. The summed E-state index contributed by atoms with van der Waals surface area (Å²) in [6.45, 7) is 6.90. The van der Waals surface area contributed by atoms with E-state index in [4.69, 9.17) is 0 Å². The second-order valence-corrected chi connectivity index (χ2v) is 4.32. The zero-order valence-electron chi connectivity index (χ0n) is 11.7. The average molecular weight is 260 g/mol. The van der Waals surface area contributed by atoms with Gasteiger partial charge in [0.2, 0.25) is 0 Å². The van der Waals surface area contributed by atoms with Crippen LogP contribution in [0.2, 0.25) is 0 Å². The molecule has 102 valence electrons. The molecule has 1 heterocycles. The molecule has 0 saturated carbocycles. The molecule has 0 unspecified atom stereocenters. The third-order valence-corrected chi connectivity index (χ3v) is 3.06. The minimum atomic E-state index is 0.571. The van der Waals surface area contributed by atoms with Gasteiger partial charge >= 0.3 is 0 Å². The molecule has 1 aliphatic heterocycles. The lowest BCUT2D eigenvalue weighted by molar-refractivity contribution is 0.546. The second-order valence-electron chi connectivity index (χ2n) is 4.32. The predicted molar refractivity (Wildman–Crippen MR) is 78.5 cm³/mol. The van der Waals surface area contributed by atoms with Crippen molar-refractivity contribution < 1.29 is 0 Å². The lowest BCUT2D eigenvalue weighted by atomic mass is 10.2. The number of nitrogens with one attached hydrogen (secondary N) is 1. The zero-order valence-corrected chi connectivity index (χ0v) is 11.7. The van der Waals surface area contributed by atoms with Gasteiger partial charge in [-0.2, -0.15) is 5.11 Å². The fourth-order valence-corrected chi connectivity index (χ4v) is 1.89. The van der Waals surface area contributed by atoms with Crippen molar-refractivity contribution in [3.63, 3.8) is 0 Å². The van der Waals surface area contributed by atoms with Crippen LogP contribution in [0.25, 0.3) is 0 Å². The predicted octanol–water partition coefficient (Wildman–Crippen LogP) is 2.57. The van der Waals surface area contributed by atoms with Crippen molar-refractivity contribution >= 4 is 17.3 Å². The fraction of sp³-hybridized carbons (Fsp3) is 0.462. The van der Waals surface area contributed by atoms with Crippen LogP contribution in [0.5, 0.6) is 0 Å². The van der Waals surface area contributed by atoms with E-state index in [0.717, 1.165) is 18.8 Å². The normalized spacial score (nSPS) is 16.2. The summed E-state index contributed by atoms with van der Waals surface area (Å²) in [6.07, 6.45) is 0. The maximum absolute atomic E-state index is 4.21. The number of hydrogen-bond acceptors (Lipinski definition) is 4. The summed E-state index contributed by atoms with van der Waals surface area (Å²) < 4.78 is 0. The third-order valence-electron chi connectivity index (χ3n) is 3.06. The fourth-order valence-electron chi connectivity index (χ4n) is 1.89. The average Bonchev–Trinajstić information content (AvgIpc) is 2.85. The van der Waals surface area contributed by atoms with Gasteiger partial charge in [0.05, 0.1) is 5.69 Å². The molecule has 6 nitrogen and oxygen atoms in total. The summed E-state index contributed by atoms with van der Waals surface area (Å²) in [5.41, 5.74) is 5.16. The third kappa shape index (κ3) is 3.21. The van der Waals surface area contributed by atoms with Crippen LogP contribution in [0.4, 0.5) is 11.4 Å². The van der Waals surface area contributed by atoms with Crippen LogP contribution in [0, 0.1) is 0 Å². The van der Waals surface area contributed by atoms with Crippen molar-refractivity contribution in [1.82, 2.24) is 4.90 Å². The Bertz CT molecular complexity index is 461. The number of anilines is 2. The largest absolute Gasteiger partial charge is 0.372 e. The van der Waals surface area contributed by atoms with Gasteiger partial charge in [-0.25, -0.2) is 0 Å². The minimum absolute atomic E-state index is 0.571. The van der Waals surface area contributed by atoms with Crippen molar-refractivity contribution in [3.8, 4) is 0 Å². The monoisotopic (exact) mass is 260 g/mol. The molecule has 0 spiro atoms. The van der Waals surface area contributed by atoms with Gasteiger partial charge < -0.3 is 9.80 Å². The molecule has 0 radical (unpaired) electrons.